The van der Waals surface area contributed by atoms with Crippen molar-refractivity contribution in [1.29, 1.82) is 0 Å². The van der Waals surface area contributed by atoms with Gasteiger partial charge in [-0.05, 0) is 102 Å². The summed E-state index contributed by atoms with van der Waals surface area (Å²) in [6, 6.07) is 9.03. The van der Waals surface area contributed by atoms with Crippen molar-refractivity contribution in [2.45, 2.75) is 103 Å². The fraction of sp³-hybridized carbons (Fsp3) is 0.485. The van der Waals surface area contributed by atoms with Crippen LogP contribution in [-0.4, -0.2) is 77.0 Å². The lowest BCUT2D eigenvalue weighted by atomic mass is 9.94. The molecule has 1 saturated heterocycles. The lowest BCUT2D eigenvalue weighted by Gasteiger charge is -2.28. The first-order valence-electron chi connectivity index (χ1n) is 15.5. The van der Waals surface area contributed by atoms with Gasteiger partial charge in [-0.25, -0.2) is 19.6 Å². The Kier molecular flexibility index (Phi) is 8.34. The Bertz CT molecular complexity index is 1890. The van der Waals surface area contributed by atoms with Crippen LogP contribution in [0.5, 0.6) is 5.75 Å². The molecule has 1 aliphatic carbocycles. The summed E-state index contributed by atoms with van der Waals surface area (Å²) in [5.41, 5.74) is 3.82. The maximum Gasteiger partial charge on any atom is 0.427 e. The fourth-order valence-corrected chi connectivity index (χ4v) is 6.37. The summed E-state index contributed by atoms with van der Waals surface area (Å²) in [6.45, 7) is 11.7. The van der Waals surface area contributed by atoms with Gasteiger partial charge in [0.05, 0.1) is 15.7 Å². The minimum atomic E-state index is -1.62. The number of aliphatic hydroxyl groups is 2. The molecule has 0 unspecified atom stereocenters. The standard InChI is InChI=1S/C33H39BrN6O8/c1-16-19-11-13-39(26(19)38-28(36-16)40(29(42)47-31(2,3)4)30(43)48-32(5,6)7)27-23(41)33(44)12-10-22(24(33)46-27)45-18-9-8-17-14-20(34)25(35)37-21(17)15-18/h8-9,11,13-15,22-24,27,41,44H,10,12H2,1-7H3,(H2,35,37)/t22-,23-,24+,27+,33-/m0/s1. The van der Waals surface area contributed by atoms with E-state index >= 15 is 0 Å². The second-order valence-electron chi connectivity index (χ2n) is 14.2. The molecule has 0 bridgehead atoms. The van der Waals surface area contributed by atoms with Gasteiger partial charge in [0.2, 0.25) is 5.95 Å². The van der Waals surface area contributed by atoms with Gasteiger partial charge in [0, 0.05) is 23.0 Å². The molecule has 2 amide bonds. The molecule has 0 radical (unpaired) electrons. The van der Waals surface area contributed by atoms with Crippen LogP contribution in [0.25, 0.3) is 21.9 Å². The van der Waals surface area contributed by atoms with Crippen molar-refractivity contribution >= 4 is 61.8 Å². The average molecular weight is 728 g/mol. The Morgan fingerprint density at radius 3 is 2.38 bits per heavy atom. The lowest BCUT2D eigenvalue weighted by Crippen LogP contribution is -2.47. The van der Waals surface area contributed by atoms with E-state index < -0.39 is 53.5 Å². The number of nitrogens with zero attached hydrogens (tertiary/aromatic N) is 5. The average Bonchev–Trinajstić information content (AvgIpc) is 3.59. The molecule has 256 valence electrons. The molecule has 4 heterocycles. The van der Waals surface area contributed by atoms with Crippen LogP contribution in [0.15, 0.2) is 41.0 Å². The van der Waals surface area contributed by atoms with Crippen LogP contribution < -0.4 is 15.4 Å². The minimum Gasteiger partial charge on any atom is -0.488 e. The Morgan fingerprint density at radius 2 is 1.73 bits per heavy atom. The number of ether oxygens (including phenoxy) is 4. The number of anilines is 2. The Hall–Kier alpha value is -4.05. The molecule has 1 aliphatic heterocycles. The van der Waals surface area contributed by atoms with Crippen molar-refractivity contribution in [2.75, 3.05) is 10.6 Å². The Labute approximate surface area is 285 Å². The summed E-state index contributed by atoms with van der Waals surface area (Å²) in [4.78, 5) is 40.7. The molecule has 4 N–H and O–H groups in total. The van der Waals surface area contributed by atoms with Crippen LogP contribution in [0.4, 0.5) is 21.4 Å². The van der Waals surface area contributed by atoms with E-state index in [1.54, 1.807) is 77.4 Å². The summed E-state index contributed by atoms with van der Waals surface area (Å²) in [7, 11) is 0. The number of aryl methyl sites for hydroxylation is 1. The number of fused-ring (bicyclic) bond motifs is 3. The van der Waals surface area contributed by atoms with Gasteiger partial charge in [-0.15, -0.1) is 4.90 Å². The number of hydrogen-bond donors (Lipinski definition) is 3. The Balaban J connectivity index is 1.32. The first-order chi connectivity index (χ1) is 22.3. The number of carbonyl (C=O) groups excluding carboxylic acids is 2. The molecular weight excluding hydrogens is 688 g/mol. The van der Waals surface area contributed by atoms with Crippen molar-refractivity contribution in [3.05, 3.63) is 46.7 Å². The first-order valence-corrected chi connectivity index (χ1v) is 16.3. The van der Waals surface area contributed by atoms with E-state index in [0.29, 0.717) is 44.0 Å². The molecule has 0 spiro atoms. The molecule has 2 fully saturated rings. The minimum absolute atomic E-state index is 0.218. The van der Waals surface area contributed by atoms with E-state index in [-0.39, 0.29) is 18.0 Å². The van der Waals surface area contributed by atoms with E-state index in [1.165, 1.54) is 0 Å². The number of imide groups is 1. The highest BCUT2D eigenvalue weighted by molar-refractivity contribution is 9.10. The third-order valence-electron chi connectivity index (χ3n) is 8.16. The van der Waals surface area contributed by atoms with Crippen LogP contribution in [0.3, 0.4) is 0 Å². The number of carbonyl (C=O) groups is 2. The number of pyridine rings is 1. The Morgan fingerprint density at radius 1 is 1.06 bits per heavy atom. The number of nitrogen functional groups attached to an aromatic ring is 1. The zero-order chi connectivity index (χ0) is 34.9. The van der Waals surface area contributed by atoms with Gasteiger partial charge in [0.25, 0.3) is 0 Å². The number of aliphatic hydroxyl groups excluding tert-OH is 1. The second-order valence-corrected chi connectivity index (χ2v) is 15.0. The maximum absolute atomic E-state index is 13.3. The predicted molar refractivity (Wildman–Crippen MR) is 180 cm³/mol. The van der Waals surface area contributed by atoms with E-state index in [1.807, 2.05) is 12.1 Å². The number of benzene rings is 1. The molecule has 5 atom stereocenters. The van der Waals surface area contributed by atoms with E-state index in [0.717, 1.165) is 5.39 Å². The van der Waals surface area contributed by atoms with Gasteiger partial charge in [-0.1, -0.05) is 0 Å². The summed E-state index contributed by atoms with van der Waals surface area (Å²) >= 11 is 3.39. The predicted octanol–water partition coefficient (Wildman–Crippen LogP) is 5.54. The molecular formula is C33H39BrN6O8. The van der Waals surface area contributed by atoms with Crippen LogP contribution >= 0.6 is 15.9 Å². The lowest BCUT2D eigenvalue weighted by molar-refractivity contribution is -0.0791. The van der Waals surface area contributed by atoms with Crippen molar-refractivity contribution in [2.24, 2.45) is 0 Å². The topological polar surface area (TPSA) is 184 Å². The zero-order valence-corrected chi connectivity index (χ0v) is 29.3. The number of hydrogen-bond acceptors (Lipinski definition) is 12. The highest BCUT2D eigenvalue weighted by Gasteiger charge is 2.63. The van der Waals surface area contributed by atoms with Crippen LogP contribution in [0.1, 0.15) is 66.3 Å². The third kappa shape index (κ3) is 6.27. The number of aromatic nitrogens is 4. The smallest absolute Gasteiger partial charge is 0.427 e. The van der Waals surface area contributed by atoms with Gasteiger partial charge in [-0.3, -0.25) is 0 Å². The van der Waals surface area contributed by atoms with E-state index in [4.69, 9.17) is 24.7 Å². The molecule has 6 rings (SSSR count). The number of halogens is 1. The van der Waals surface area contributed by atoms with Crippen molar-refractivity contribution in [1.82, 2.24) is 19.5 Å². The normalized spacial score (nSPS) is 24.1. The zero-order valence-electron chi connectivity index (χ0n) is 27.7. The largest absolute Gasteiger partial charge is 0.488 e. The molecule has 1 aromatic carbocycles. The highest BCUT2D eigenvalue weighted by Crippen LogP contribution is 2.48. The summed E-state index contributed by atoms with van der Waals surface area (Å²) in [5, 5.41) is 24.7. The van der Waals surface area contributed by atoms with Crippen LogP contribution in [-0.2, 0) is 14.2 Å². The molecule has 3 aromatic heterocycles. The maximum atomic E-state index is 13.3. The SMILES string of the molecule is Cc1nc(N(C(=O)OC(C)(C)C)C(=O)OC(C)(C)C)nc2c1ccn2[C@@H]1O[C@@H]2[C@@H](Oc3ccc4cc(Br)c(N)nc4c3)CC[C@]2(O)[C@H]1O. The second kappa shape index (κ2) is 11.8. The third-order valence-corrected chi connectivity index (χ3v) is 8.80. The number of nitrogens with two attached hydrogens (primary N) is 1. The summed E-state index contributed by atoms with van der Waals surface area (Å²) in [5.74, 6) is 0.575. The fourth-order valence-electron chi connectivity index (χ4n) is 6.03. The summed E-state index contributed by atoms with van der Waals surface area (Å²) in [6.07, 6.45) is -3.69. The molecule has 14 nitrogen and oxygen atoms in total. The van der Waals surface area contributed by atoms with Gasteiger partial charge < -0.3 is 39.5 Å². The molecule has 2 aliphatic rings. The van der Waals surface area contributed by atoms with Crippen LogP contribution in [0, 0.1) is 6.92 Å². The van der Waals surface area contributed by atoms with E-state index in [2.05, 4.69) is 30.9 Å². The number of rotatable bonds is 4. The first kappa shape index (κ1) is 33.8. The monoisotopic (exact) mass is 726 g/mol. The van der Waals surface area contributed by atoms with Gasteiger partial charge in [0.1, 0.15) is 52.3 Å². The molecule has 1 saturated carbocycles. The van der Waals surface area contributed by atoms with Gasteiger partial charge in [-0.2, -0.15) is 4.98 Å². The van der Waals surface area contributed by atoms with Gasteiger partial charge in [0.15, 0.2) is 6.23 Å². The van der Waals surface area contributed by atoms with Crippen LogP contribution in [0.2, 0.25) is 0 Å². The molecule has 4 aromatic rings. The highest BCUT2D eigenvalue weighted by atomic mass is 79.9. The number of amides is 2. The quantitative estimate of drug-likeness (QED) is 0.239. The molecule has 48 heavy (non-hydrogen) atoms. The van der Waals surface area contributed by atoms with E-state index in [9.17, 15) is 19.8 Å². The van der Waals surface area contributed by atoms with Gasteiger partial charge >= 0.3 is 12.2 Å². The summed E-state index contributed by atoms with van der Waals surface area (Å²) < 4.78 is 25.9. The molecule has 15 heteroatoms. The van der Waals surface area contributed by atoms with Crippen molar-refractivity contribution in [3.8, 4) is 5.75 Å². The van der Waals surface area contributed by atoms with Crippen molar-refractivity contribution < 1.29 is 38.7 Å². The van der Waals surface area contributed by atoms with Crippen molar-refractivity contribution in [3.63, 3.8) is 0 Å².